The van der Waals surface area contributed by atoms with E-state index in [4.69, 9.17) is 10.2 Å². The number of likely N-dealkylation sites (tertiary alicyclic amines) is 1. The van der Waals surface area contributed by atoms with Gasteiger partial charge < -0.3 is 10.2 Å². The smallest absolute Gasteiger partial charge is 0.234 e. The maximum Gasteiger partial charge on any atom is 0.234 e. The third kappa shape index (κ3) is 3.01. The molecule has 2 heterocycles. The molecular formula is C16H16F2N2O2. The van der Waals surface area contributed by atoms with Gasteiger partial charge in [0.05, 0.1) is 12.6 Å². The maximum atomic E-state index is 13.5. The third-order valence-electron chi connectivity index (χ3n) is 3.83. The summed E-state index contributed by atoms with van der Waals surface area (Å²) in [7, 11) is 0. The summed E-state index contributed by atoms with van der Waals surface area (Å²) in [6, 6.07) is 8.89. The molecule has 1 amide bonds. The largest absolute Gasteiger partial charge is 0.460 e. The van der Waals surface area contributed by atoms with Crippen molar-refractivity contribution in [1.82, 2.24) is 4.90 Å². The van der Waals surface area contributed by atoms with Crippen molar-refractivity contribution in [3.63, 3.8) is 0 Å². The van der Waals surface area contributed by atoms with Crippen LogP contribution < -0.4 is 5.73 Å². The average Bonchev–Trinajstić information content (AvgIpc) is 3.07. The van der Waals surface area contributed by atoms with Crippen LogP contribution in [0.25, 0.3) is 11.3 Å². The van der Waals surface area contributed by atoms with E-state index in [2.05, 4.69) is 0 Å². The Hall–Kier alpha value is -2.21. The van der Waals surface area contributed by atoms with E-state index < -0.39 is 18.1 Å². The highest BCUT2D eigenvalue weighted by Crippen LogP contribution is 2.26. The van der Waals surface area contributed by atoms with Crippen molar-refractivity contribution < 1.29 is 18.0 Å². The van der Waals surface area contributed by atoms with E-state index in [0.717, 1.165) is 5.56 Å². The predicted molar refractivity (Wildman–Crippen MR) is 77.0 cm³/mol. The van der Waals surface area contributed by atoms with Crippen molar-refractivity contribution in [2.45, 2.75) is 25.2 Å². The molecule has 0 unspecified atom stereocenters. The summed E-state index contributed by atoms with van der Waals surface area (Å²) in [6.45, 7) is 0.482. The molecule has 1 aliphatic heterocycles. The number of rotatable bonds is 4. The minimum Gasteiger partial charge on any atom is -0.460 e. The molecule has 0 radical (unpaired) electrons. The summed E-state index contributed by atoms with van der Waals surface area (Å²) in [6.07, 6.45) is -0.926. The van der Waals surface area contributed by atoms with Crippen LogP contribution >= 0.6 is 0 Å². The van der Waals surface area contributed by atoms with Crippen molar-refractivity contribution in [3.8, 4) is 11.3 Å². The highest BCUT2D eigenvalue weighted by molar-refractivity contribution is 5.80. The molecule has 0 saturated carbocycles. The second-order valence-electron chi connectivity index (χ2n) is 5.45. The fourth-order valence-electron chi connectivity index (χ4n) is 2.75. The average molecular weight is 306 g/mol. The fraction of sp³-hybridized carbons (Fsp3) is 0.312. The molecule has 1 aromatic heterocycles. The Kier molecular flexibility index (Phi) is 3.94. The van der Waals surface area contributed by atoms with Crippen LogP contribution in [0, 0.1) is 5.82 Å². The number of alkyl halides is 1. The topological polar surface area (TPSA) is 59.5 Å². The second-order valence-corrected chi connectivity index (χ2v) is 5.45. The number of amides is 1. The number of benzene rings is 1. The molecule has 1 saturated heterocycles. The van der Waals surface area contributed by atoms with E-state index in [1.807, 2.05) is 0 Å². The molecule has 116 valence electrons. The molecule has 2 atom stereocenters. The van der Waals surface area contributed by atoms with Crippen molar-refractivity contribution in [2.75, 3.05) is 6.54 Å². The zero-order valence-corrected chi connectivity index (χ0v) is 11.8. The normalized spacial score (nSPS) is 22.1. The Balaban J connectivity index is 1.74. The van der Waals surface area contributed by atoms with Gasteiger partial charge in [0.2, 0.25) is 5.91 Å². The molecule has 0 spiro atoms. The van der Waals surface area contributed by atoms with Crippen LogP contribution in [0.4, 0.5) is 8.78 Å². The lowest BCUT2D eigenvalue weighted by Gasteiger charge is -2.19. The Morgan fingerprint density at radius 2 is 2.00 bits per heavy atom. The van der Waals surface area contributed by atoms with Gasteiger partial charge in [-0.15, -0.1) is 0 Å². The molecule has 2 aromatic rings. The molecule has 6 heteroatoms. The molecule has 0 bridgehead atoms. The molecule has 3 rings (SSSR count). The molecule has 4 nitrogen and oxygen atoms in total. The summed E-state index contributed by atoms with van der Waals surface area (Å²) in [5, 5.41) is 0. The first-order chi connectivity index (χ1) is 10.5. The third-order valence-corrected chi connectivity index (χ3v) is 3.83. The van der Waals surface area contributed by atoms with Gasteiger partial charge in [0.15, 0.2) is 0 Å². The van der Waals surface area contributed by atoms with E-state index in [-0.39, 0.29) is 18.8 Å². The van der Waals surface area contributed by atoms with Gasteiger partial charge in [-0.2, -0.15) is 0 Å². The number of hydrogen-bond acceptors (Lipinski definition) is 3. The Morgan fingerprint density at radius 1 is 1.27 bits per heavy atom. The highest BCUT2D eigenvalue weighted by atomic mass is 19.1. The number of nitrogens with zero attached hydrogens (tertiary/aromatic N) is 1. The van der Waals surface area contributed by atoms with Crippen molar-refractivity contribution in [2.24, 2.45) is 5.73 Å². The van der Waals surface area contributed by atoms with Crippen LogP contribution in [0.15, 0.2) is 40.8 Å². The number of nitrogens with two attached hydrogens (primary N) is 1. The lowest BCUT2D eigenvalue weighted by atomic mass is 10.2. The lowest BCUT2D eigenvalue weighted by Crippen LogP contribution is -2.39. The predicted octanol–water partition coefficient (Wildman–Crippen LogP) is 2.48. The first kappa shape index (κ1) is 14.7. The van der Waals surface area contributed by atoms with Crippen LogP contribution in [0.3, 0.4) is 0 Å². The Labute approximate surface area is 126 Å². The zero-order valence-electron chi connectivity index (χ0n) is 11.8. The molecule has 1 aliphatic rings. The first-order valence-corrected chi connectivity index (χ1v) is 7.05. The highest BCUT2D eigenvalue weighted by Gasteiger charge is 2.36. The van der Waals surface area contributed by atoms with Gasteiger partial charge in [0, 0.05) is 18.5 Å². The number of hydrogen-bond donors (Lipinski definition) is 1. The standard InChI is InChI=1S/C16H16F2N2O2/c17-11-3-1-10(2-4-11)15-6-5-13(22-15)9-20-8-12(18)7-14(20)16(19)21/h1-6,12,14H,7-9H2,(H2,19,21)/t12-,14+/m1/s1. The molecule has 2 N–H and O–H groups in total. The lowest BCUT2D eigenvalue weighted by molar-refractivity contribution is -0.122. The van der Waals surface area contributed by atoms with E-state index in [1.165, 1.54) is 12.1 Å². The number of furan rings is 1. The summed E-state index contributed by atoms with van der Waals surface area (Å²) >= 11 is 0. The summed E-state index contributed by atoms with van der Waals surface area (Å²) < 4.78 is 32.1. The zero-order chi connectivity index (χ0) is 15.7. The van der Waals surface area contributed by atoms with Crippen LogP contribution in [-0.2, 0) is 11.3 Å². The van der Waals surface area contributed by atoms with Gasteiger partial charge in [0.25, 0.3) is 0 Å². The molecule has 0 aliphatic carbocycles. The molecule has 22 heavy (non-hydrogen) atoms. The van der Waals surface area contributed by atoms with Gasteiger partial charge >= 0.3 is 0 Å². The van der Waals surface area contributed by atoms with Crippen molar-refractivity contribution in [3.05, 3.63) is 48.0 Å². The number of carbonyl (C=O) groups excluding carboxylic acids is 1. The fourth-order valence-corrected chi connectivity index (χ4v) is 2.75. The quantitative estimate of drug-likeness (QED) is 0.944. The maximum absolute atomic E-state index is 13.5. The molecular weight excluding hydrogens is 290 g/mol. The van der Waals surface area contributed by atoms with Gasteiger partial charge in [-0.1, -0.05) is 0 Å². The van der Waals surface area contributed by atoms with Crippen LogP contribution in [0.5, 0.6) is 0 Å². The number of halogens is 2. The first-order valence-electron chi connectivity index (χ1n) is 7.05. The van der Waals surface area contributed by atoms with E-state index in [0.29, 0.717) is 18.1 Å². The van der Waals surface area contributed by atoms with Crippen LogP contribution in [0.2, 0.25) is 0 Å². The molecule has 1 aromatic carbocycles. The number of primary amides is 1. The van der Waals surface area contributed by atoms with Gasteiger partial charge in [-0.05, 0) is 36.4 Å². The second kappa shape index (κ2) is 5.88. The monoisotopic (exact) mass is 306 g/mol. The summed E-state index contributed by atoms with van der Waals surface area (Å²) in [5.74, 6) is 0.373. The van der Waals surface area contributed by atoms with Gasteiger partial charge in [-0.25, -0.2) is 8.78 Å². The number of carbonyl (C=O) groups is 1. The SMILES string of the molecule is NC(=O)[C@@H]1C[C@@H](F)CN1Cc1ccc(-c2ccc(F)cc2)o1. The minimum atomic E-state index is -1.05. The Bertz CT molecular complexity index is 669. The van der Waals surface area contributed by atoms with Crippen molar-refractivity contribution >= 4 is 5.91 Å². The van der Waals surface area contributed by atoms with Crippen LogP contribution in [0.1, 0.15) is 12.2 Å². The summed E-state index contributed by atoms with van der Waals surface area (Å²) in [4.78, 5) is 13.0. The van der Waals surface area contributed by atoms with E-state index in [1.54, 1.807) is 29.2 Å². The van der Waals surface area contributed by atoms with E-state index in [9.17, 15) is 13.6 Å². The van der Waals surface area contributed by atoms with Gasteiger partial charge in [-0.3, -0.25) is 9.69 Å². The minimum absolute atomic E-state index is 0.126. The Morgan fingerprint density at radius 3 is 2.68 bits per heavy atom. The van der Waals surface area contributed by atoms with Gasteiger partial charge in [0.1, 0.15) is 23.5 Å². The van der Waals surface area contributed by atoms with Crippen molar-refractivity contribution in [1.29, 1.82) is 0 Å². The van der Waals surface area contributed by atoms with Crippen LogP contribution in [-0.4, -0.2) is 29.6 Å². The summed E-state index contributed by atoms with van der Waals surface area (Å²) in [5.41, 5.74) is 6.05. The van der Waals surface area contributed by atoms with E-state index >= 15 is 0 Å². The molecule has 1 fully saturated rings.